The minimum Gasteiger partial charge on any atom is -0.340 e. The topological polar surface area (TPSA) is 24.4 Å². The Kier molecular flexibility index (Phi) is 6.91. The van der Waals surface area contributed by atoms with Crippen LogP contribution in [-0.4, -0.2) is 11.9 Å². The van der Waals surface area contributed by atoms with Crippen LogP contribution in [0.25, 0.3) is 47.8 Å². The molecule has 2 atom stereocenters. The number of allylic oxidation sites excluding steroid dienone is 2. The molecule has 1 N–H and O–H groups in total. The third kappa shape index (κ3) is 5.29. The summed E-state index contributed by atoms with van der Waals surface area (Å²) in [4.78, 5) is 5.22. The van der Waals surface area contributed by atoms with Crippen LogP contribution in [0.15, 0.2) is 174 Å². The summed E-state index contributed by atoms with van der Waals surface area (Å²) in [7, 11) is 0. The first-order chi connectivity index (χ1) is 23.2. The lowest BCUT2D eigenvalue weighted by molar-refractivity contribution is 0.821. The summed E-state index contributed by atoms with van der Waals surface area (Å²) < 4.78 is 2.70. The number of amidine groups is 1. The number of thiophene rings is 1. The van der Waals surface area contributed by atoms with E-state index in [9.17, 15) is 0 Å². The number of nitrogens with zero attached hydrogens (tertiary/aromatic N) is 1. The fraction of sp³-hybridized carbons (Fsp3) is 0.0682. The summed E-state index contributed by atoms with van der Waals surface area (Å²) >= 11 is 1.88. The predicted octanol–water partition coefficient (Wildman–Crippen LogP) is 11.3. The minimum absolute atomic E-state index is 0.0675. The van der Waals surface area contributed by atoms with E-state index in [2.05, 4.69) is 169 Å². The molecule has 1 aromatic heterocycles. The number of hydrogen-bond donors (Lipinski definition) is 1. The normalized spacial score (nSPS) is 17.7. The van der Waals surface area contributed by atoms with Crippen molar-refractivity contribution in [3.63, 3.8) is 0 Å². The molecule has 2 heterocycles. The van der Waals surface area contributed by atoms with E-state index in [0.29, 0.717) is 5.92 Å². The summed E-state index contributed by atoms with van der Waals surface area (Å²) in [6.45, 7) is 0. The van der Waals surface area contributed by atoms with Gasteiger partial charge in [-0.3, -0.25) is 4.99 Å². The molecule has 0 bridgehead atoms. The van der Waals surface area contributed by atoms with Gasteiger partial charge in [-0.1, -0.05) is 133 Å². The van der Waals surface area contributed by atoms with Gasteiger partial charge in [0.1, 0.15) is 5.84 Å². The van der Waals surface area contributed by atoms with Crippen LogP contribution in [0, 0.1) is 0 Å². The second kappa shape index (κ2) is 11.7. The number of hydrogen-bond acceptors (Lipinski definition) is 3. The van der Waals surface area contributed by atoms with Crippen LogP contribution in [0.2, 0.25) is 0 Å². The highest BCUT2D eigenvalue weighted by Crippen LogP contribution is 2.38. The molecule has 1 aliphatic heterocycles. The van der Waals surface area contributed by atoms with Crippen LogP contribution in [0.4, 0.5) is 0 Å². The van der Waals surface area contributed by atoms with E-state index in [1.165, 1.54) is 53.2 Å². The Labute approximate surface area is 278 Å². The van der Waals surface area contributed by atoms with E-state index in [1.54, 1.807) is 0 Å². The monoisotopic (exact) mass is 620 g/mol. The van der Waals surface area contributed by atoms with Gasteiger partial charge in [-0.25, -0.2) is 0 Å². The quantitative estimate of drug-likeness (QED) is 0.203. The zero-order valence-corrected chi connectivity index (χ0v) is 26.6. The largest absolute Gasteiger partial charge is 0.340 e. The van der Waals surface area contributed by atoms with Gasteiger partial charge in [0.15, 0.2) is 0 Å². The van der Waals surface area contributed by atoms with E-state index >= 15 is 0 Å². The van der Waals surface area contributed by atoms with E-state index < -0.39 is 0 Å². The summed E-state index contributed by atoms with van der Waals surface area (Å²) in [6.07, 6.45) is 10.3. The molecule has 0 fully saturated rings. The number of rotatable bonds is 5. The molecule has 2 unspecified atom stereocenters. The van der Waals surface area contributed by atoms with Gasteiger partial charge in [0.05, 0.1) is 6.04 Å². The molecule has 0 spiro atoms. The maximum absolute atomic E-state index is 5.22. The van der Waals surface area contributed by atoms with Gasteiger partial charge in [-0.05, 0) is 75.4 Å². The Balaban J connectivity index is 1.01. The van der Waals surface area contributed by atoms with Crippen LogP contribution < -0.4 is 5.32 Å². The van der Waals surface area contributed by atoms with Crippen LogP contribution in [-0.2, 0) is 0 Å². The Hall–Kier alpha value is -5.51. The highest BCUT2D eigenvalue weighted by molar-refractivity contribution is 7.25. The summed E-state index contributed by atoms with van der Waals surface area (Å²) in [5, 5.41) is 8.90. The summed E-state index contributed by atoms with van der Waals surface area (Å²) in [6, 6.07) is 50.2. The number of benzene rings is 6. The Morgan fingerprint density at radius 2 is 1.34 bits per heavy atom. The summed E-state index contributed by atoms with van der Waals surface area (Å²) in [5.74, 6) is 1.25. The molecule has 6 aromatic carbocycles. The van der Waals surface area contributed by atoms with Gasteiger partial charge in [-0.15, -0.1) is 11.3 Å². The molecule has 2 nitrogen and oxygen atoms in total. The lowest BCUT2D eigenvalue weighted by atomic mass is 9.87. The molecule has 224 valence electrons. The van der Waals surface area contributed by atoms with Crippen molar-refractivity contribution in [1.29, 1.82) is 0 Å². The van der Waals surface area contributed by atoms with Crippen LogP contribution in [0.5, 0.6) is 0 Å². The lowest BCUT2D eigenvalue weighted by Crippen LogP contribution is -2.30. The third-order valence-corrected chi connectivity index (χ3v) is 10.6. The van der Waals surface area contributed by atoms with Gasteiger partial charge in [-0.2, -0.15) is 0 Å². The number of aliphatic imine (C=N–C) groups is 1. The van der Waals surface area contributed by atoms with Crippen molar-refractivity contribution in [3.8, 4) is 11.1 Å². The Morgan fingerprint density at radius 1 is 0.596 bits per heavy atom. The molecule has 1 aliphatic carbocycles. The fourth-order valence-corrected chi connectivity index (χ4v) is 7.99. The molecule has 0 saturated heterocycles. The third-order valence-electron chi connectivity index (χ3n) is 9.47. The molecule has 0 radical (unpaired) electrons. The van der Waals surface area contributed by atoms with Crippen LogP contribution in [0.1, 0.15) is 29.0 Å². The van der Waals surface area contributed by atoms with Gasteiger partial charge in [0.25, 0.3) is 0 Å². The van der Waals surface area contributed by atoms with Crippen molar-refractivity contribution in [2.75, 3.05) is 0 Å². The van der Waals surface area contributed by atoms with Gasteiger partial charge in [0, 0.05) is 37.4 Å². The minimum atomic E-state index is -0.0675. The molecule has 47 heavy (non-hydrogen) atoms. The molecule has 3 heteroatoms. The zero-order valence-electron chi connectivity index (χ0n) is 25.8. The van der Waals surface area contributed by atoms with Crippen molar-refractivity contribution < 1.29 is 0 Å². The van der Waals surface area contributed by atoms with Crippen molar-refractivity contribution in [3.05, 3.63) is 186 Å². The van der Waals surface area contributed by atoms with Gasteiger partial charge in [0.2, 0.25) is 0 Å². The molecule has 0 saturated carbocycles. The predicted molar refractivity (Wildman–Crippen MR) is 201 cm³/mol. The van der Waals surface area contributed by atoms with Crippen molar-refractivity contribution in [2.45, 2.75) is 18.4 Å². The van der Waals surface area contributed by atoms with Crippen molar-refractivity contribution in [1.82, 2.24) is 5.32 Å². The van der Waals surface area contributed by atoms with E-state index in [1.807, 2.05) is 11.3 Å². The molecule has 2 aliphatic rings. The zero-order chi connectivity index (χ0) is 31.2. The second-order valence-electron chi connectivity index (χ2n) is 12.4. The highest BCUT2D eigenvalue weighted by atomic mass is 32.1. The van der Waals surface area contributed by atoms with Crippen LogP contribution in [0.3, 0.4) is 0 Å². The Morgan fingerprint density at radius 3 is 2.19 bits per heavy atom. The Bertz CT molecular complexity index is 2410. The average molecular weight is 621 g/mol. The fourth-order valence-electron chi connectivity index (χ4n) is 6.91. The number of nitrogens with one attached hydrogen (secondary N) is 1. The first-order valence-corrected chi connectivity index (χ1v) is 17.1. The highest BCUT2D eigenvalue weighted by Gasteiger charge is 2.22. The molecule has 7 aromatic rings. The SMILES string of the molecule is C1=CC(c2ccc3sc4ccccc4c3c2)CC=C1C1C=C(c2ccc(-c3ccc4ccccc4c3)cc2)NC(c2ccccc2)=N1. The standard InChI is InChI=1S/C44H32N2S/c1-2-9-34(10-3-1)44-45-40(32-19-14-30(15-20-32)36-23-18-29-8-4-5-11-35(29)26-36)28-41(46-44)33-21-16-31(17-22-33)37-24-25-43-39(27-37)38-12-6-7-13-42(38)47-43/h1-16,18-28,31,41H,17H2,(H,45,46). The van der Waals surface area contributed by atoms with E-state index in [0.717, 1.165) is 29.1 Å². The van der Waals surface area contributed by atoms with Crippen molar-refractivity contribution >= 4 is 53.8 Å². The van der Waals surface area contributed by atoms with Gasteiger partial charge >= 0.3 is 0 Å². The smallest absolute Gasteiger partial charge is 0.133 e. The lowest BCUT2D eigenvalue weighted by Gasteiger charge is -2.26. The van der Waals surface area contributed by atoms with Crippen molar-refractivity contribution in [2.24, 2.45) is 4.99 Å². The maximum atomic E-state index is 5.22. The maximum Gasteiger partial charge on any atom is 0.133 e. The first-order valence-electron chi connectivity index (χ1n) is 16.3. The second-order valence-corrected chi connectivity index (χ2v) is 13.5. The van der Waals surface area contributed by atoms with Crippen LogP contribution >= 0.6 is 11.3 Å². The molecular weight excluding hydrogens is 589 g/mol. The molecule has 9 rings (SSSR count). The first kappa shape index (κ1) is 27.8. The van der Waals surface area contributed by atoms with E-state index in [-0.39, 0.29) is 6.04 Å². The molecular formula is C44H32N2S. The van der Waals surface area contributed by atoms with Gasteiger partial charge < -0.3 is 5.32 Å². The average Bonchev–Trinajstić information content (AvgIpc) is 3.53. The molecule has 0 amide bonds. The summed E-state index contributed by atoms with van der Waals surface area (Å²) in [5.41, 5.74) is 8.37. The van der Waals surface area contributed by atoms with E-state index in [4.69, 9.17) is 4.99 Å². The number of fused-ring (bicyclic) bond motifs is 4.